The molecule has 2 heterocycles. The summed E-state index contributed by atoms with van der Waals surface area (Å²) in [4.78, 5) is 14.9. The highest BCUT2D eigenvalue weighted by Crippen LogP contribution is 2.10. The second-order valence-electron chi connectivity index (χ2n) is 6.66. The Bertz CT molecular complexity index is 497. The van der Waals surface area contributed by atoms with Crippen molar-refractivity contribution in [2.24, 2.45) is 5.92 Å². The number of aliphatic hydroxyl groups is 1. The molecule has 2 rings (SSSR count). The first kappa shape index (κ1) is 17.8. The van der Waals surface area contributed by atoms with Crippen LogP contribution in [0.4, 0.5) is 5.69 Å². The summed E-state index contributed by atoms with van der Waals surface area (Å²) in [7, 11) is 0. The molecular weight excluding hydrogens is 298 g/mol. The standard InChI is InChI=1S/C15H27N5O3/c1-13(2)3-4-17-5-7-18(8-6-17)11-15(21)12-19-10-14(9-16-19)20(22)23/h9-10,13,15,21H,3-8,11-12H2,1-2H3. The monoisotopic (exact) mass is 325 g/mol. The van der Waals surface area contributed by atoms with Gasteiger partial charge in [0.1, 0.15) is 12.4 Å². The van der Waals surface area contributed by atoms with Crippen LogP contribution in [0.1, 0.15) is 20.3 Å². The Morgan fingerprint density at radius 1 is 1.26 bits per heavy atom. The fourth-order valence-electron chi connectivity index (χ4n) is 2.75. The van der Waals surface area contributed by atoms with Gasteiger partial charge in [0.05, 0.1) is 17.6 Å². The summed E-state index contributed by atoms with van der Waals surface area (Å²) in [5, 5.41) is 24.7. The number of hydrogen-bond donors (Lipinski definition) is 1. The molecule has 0 bridgehead atoms. The van der Waals surface area contributed by atoms with E-state index in [-0.39, 0.29) is 12.2 Å². The molecule has 1 unspecified atom stereocenters. The van der Waals surface area contributed by atoms with Crippen molar-refractivity contribution in [3.8, 4) is 0 Å². The normalized spacial score (nSPS) is 18.4. The fourth-order valence-corrected chi connectivity index (χ4v) is 2.75. The van der Waals surface area contributed by atoms with Crippen LogP contribution in [0.2, 0.25) is 0 Å². The Hall–Kier alpha value is -1.51. The lowest BCUT2D eigenvalue weighted by molar-refractivity contribution is -0.385. The molecule has 0 radical (unpaired) electrons. The van der Waals surface area contributed by atoms with Crippen molar-refractivity contribution in [2.75, 3.05) is 39.3 Å². The minimum atomic E-state index is -0.572. The third-order valence-electron chi connectivity index (χ3n) is 4.18. The largest absolute Gasteiger partial charge is 0.390 e. The maximum atomic E-state index is 10.6. The summed E-state index contributed by atoms with van der Waals surface area (Å²) in [5.41, 5.74) is -0.0454. The van der Waals surface area contributed by atoms with E-state index in [4.69, 9.17) is 0 Å². The van der Waals surface area contributed by atoms with Crippen LogP contribution < -0.4 is 0 Å². The molecule has 23 heavy (non-hydrogen) atoms. The highest BCUT2D eigenvalue weighted by molar-refractivity contribution is 5.20. The SMILES string of the molecule is CC(C)CCN1CCN(CC(O)Cn2cc([N+](=O)[O-])cn2)CC1. The average molecular weight is 325 g/mol. The summed E-state index contributed by atoms with van der Waals surface area (Å²) >= 11 is 0. The van der Waals surface area contributed by atoms with Crippen LogP contribution in [0.25, 0.3) is 0 Å². The highest BCUT2D eigenvalue weighted by atomic mass is 16.6. The van der Waals surface area contributed by atoms with Gasteiger partial charge in [-0.25, -0.2) is 0 Å². The van der Waals surface area contributed by atoms with Crippen molar-refractivity contribution in [1.82, 2.24) is 19.6 Å². The predicted molar refractivity (Wildman–Crippen MR) is 87.2 cm³/mol. The van der Waals surface area contributed by atoms with E-state index in [1.165, 1.54) is 23.5 Å². The molecule has 0 spiro atoms. The van der Waals surface area contributed by atoms with E-state index in [0.717, 1.165) is 38.6 Å². The van der Waals surface area contributed by atoms with Crippen LogP contribution >= 0.6 is 0 Å². The van der Waals surface area contributed by atoms with Crippen LogP contribution in [0, 0.1) is 16.0 Å². The molecular formula is C15H27N5O3. The molecule has 0 amide bonds. The smallest absolute Gasteiger partial charge is 0.306 e. The molecule has 8 heteroatoms. The van der Waals surface area contributed by atoms with Gasteiger partial charge in [-0.3, -0.25) is 19.7 Å². The number of aliphatic hydroxyl groups excluding tert-OH is 1. The van der Waals surface area contributed by atoms with Gasteiger partial charge in [-0.2, -0.15) is 5.10 Å². The second kappa shape index (κ2) is 8.37. The van der Waals surface area contributed by atoms with Crippen molar-refractivity contribution in [3.63, 3.8) is 0 Å². The quantitative estimate of drug-likeness (QED) is 0.562. The number of aromatic nitrogens is 2. The van der Waals surface area contributed by atoms with E-state index in [1.54, 1.807) is 0 Å². The van der Waals surface area contributed by atoms with Gasteiger partial charge in [0.15, 0.2) is 0 Å². The number of β-amino-alcohol motifs (C(OH)–C–C–N with tert-alkyl or cyclic N) is 1. The Labute approximate surface area is 136 Å². The molecule has 1 fully saturated rings. The molecule has 1 atom stereocenters. The van der Waals surface area contributed by atoms with Crippen LogP contribution in [-0.2, 0) is 6.54 Å². The lowest BCUT2D eigenvalue weighted by Crippen LogP contribution is -2.49. The third kappa shape index (κ3) is 5.89. The van der Waals surface area contributed by atoms with E-state index in [0.29, 0.717) is 6.54 Å². The number of nitrogens with zero attached hydrogens (tertiary/aromatic N) is 5. The zero-order valence-electron chi connectivity index (χ0n) is 14.0. The van der Waals surface area contributed by atoms with Gasteiger partial charge in [-0.1, -0.05) is 13.8 Å². The molecule has 8 nitrogen and oxygen atoms in total. The molecule has 0 saturated carbocycles. The lowest BCUT2D eigenvalue weighted by Gasteiger charge is -2.35. The van der Waals surface area contributed by atoms with Crippen molar-refractivity contribution in [2.45, 2.75) is 32.9 Å². The highest BCUT2D eigenvalue weighted by Gasteiger charge is 2.20. The number of hydrogen-bond acceptors (Lipinski definition) is 6. The summed E-state index contributed by atoms with van der Waals surface area (Å²) in [6.07, 6.45) is 3.21. The Morgan fingerprint density at radius 3 is 2.48 bits per heavy atom. The van der Waals surface area contributed by atoms with Gasteiger partial charge in [0, 0.05) is 32.7 Å². The minimum absolute atomic E-state index is 0.0454. The molecule has 0 aliphatic carbocycles. The van der Waals surface area contributed by atoms with Crippen LogP contribution in [0.5, 0.6) is 0 Å². The predicted octanol–water partition coefficient (Wildman–Crippen LogP) is 0.816. The van der Waals surface area contributed by atoms with Gasteiger partial charge in [0.2, 0.25) is 0 Å². The Balaban J connectivity index is 1.69. The van der Waals surface area contributed by atoms with E-state index < -0.39 is 11.0 Å². The molecule has 1 aromatic rings. The molecule has 1 saturated heterocycles. The van der Waals surface area contributed by atoms with E-state index in [9.17, 15) is 15.2 Å². The molecule has 1 aliphatic heterocycles. The first-order valence-electron chi connectivity index (χ1n) is 8.23. The summed E-state index contributed by atoms with van der Waals surface area (Å²) in [6, 6.07) is 0. The maximum Gasteiger partial charge on any atom is 0.306 e. The maximum absolute atomic E-state index is 10.6. The second-order valence-corrected chi connectivity index (χ2v) is 6.66. The van der Waals surface area contributed by atoms with Gasteiger partial charge < -0.3 is 10.0 Å². The summed E-state index contributed by atoms with van der Waals surface area (Å²) in [5.74, 6) is 0.730. The average Bonchev–Trinajstić information content (AvgIpc) is 2.95. The van der Waals surface area contributed by atoms with E-state index >= 15 is 0 Å². The summed E-state index contributed by atoms with van der Waals surface area (Å²) in [6.45, 7) is 10.5. The number of rotatable bonds is 8. The van der Waals surface area contributed by atoms with Crippen molar-refractivity contribution >= 4 is 5.69 Å². The van der Waals surface area contributed by atoms with Gasteiger partial charge >= 0.3 is 5.69 Å². The molecule has 0 aromatic carbocycles. The zero-order chi connectivity index (χ0) is 16.8. The summed E-state index contributed by atoms with van der Waals surface area (Å²) < 4.78 is 1.43. The topological polar surface area (TPSA) is 87.7 Å². The molecule has 1 aromatic heterocycles. The van der Waals surface area contributed by atoms with Crippen molar-refractivity contribution in [3.05, 3.63) is 22.5 Å². The van der Waals surface area contributed by atoms with Gasteiger partial charge in [-0.15, -0.1) is 0 Å². The molecule has 1 N–H and O–H groups in total. The van der Waals surface area contributed by atoms with E-state index in [1.807, 2.05) is 0 Å². The Morgan fingerprint density at radius 2 is 1.91 bits per heavy atom. The van der Waals surface area contributed by atoms with Crippen LogP contribution in [-0.4, -0.2) is 75.0 Å². The van der Waals surface area contributed by atoms with Gasteiger partial charge in [0.25, 0.3) is 0 Å². The third-order valence-corrected chi connectivity index (χ3v) is 4.18. The minimum Gasteiger partial charge on any atom is -0.390 e. The van der Waals surface area contributed by atoms with Crippen LogP contribution in [0.15, 0.2) is 12.4 Å². The van der Waals surface area contributed by atoms with Gasteiger partial charge in [-0.05, 0) is 18.9 Å². The molecule has 130 valence electrons. The van der Waals surface area contributed by atoms with Crippen LogP contribution in [0.3, 0.4) is 0 Å². The first-order valence-corrected chi connectivity index (χ1v) is 8.23. The number of piperazine rings is 1. The fraction of sp³-hybridized carbons (Fsp3) is 0.800. The zero-order valence-corrected chi connectivity index (χ0v) is 14.0. The van der Waals surface area contributed by atoms with Crippen molar-refractivity contribution in [1.29, 1.82) is 0 Å². The van der Waals surface area contributed by atoms with E-state index in [2.05, 4.69) is 28.7 Å². The van der Waals surface area contributed by atoms with Crippen molar-refractivity contribution < 1.29 is 10.0 Å². The molecule has 1 aliphatic rings. The Kier molecular flexibility index (Phi) is 6.49. The lowest BCUT2D eigenvalue weighted by atomic mass is 10.1. The number of nitro groups is 1. The first-order chi connectivity index (χ1) is 10.9.